The third-order valence-electron chi connectivity index (χ3n) is 4.60. The molecule has 168 valence electrons. The molecular formula is C23H18Cl2F3NO3. The molecule has 4 nitrogen and oxygen atoms in total. The third-order valence-corrected chi connectivity index (χ3v) is 5.35. The van der Waals surface area contributed by atoms with E-state index in [4.69, 9.17) is 32.7 Å². The van der Waals surface area contributed by atoms with Crippen molar-refractivity contribution in [1.82, 2.24) is 0 Å². The highest BCUT2D eigenvalue weighted by Crippen LogP contribution is 2.36. The van der Waals surface area contributed by atoms with Crippen LogP contribution in [0.15, 0.2) is 54.6 Å². The Hall–Kier alpha value is -2.90. The van der Waals surface area contributed by atoms with E-state index in [2.05, 4.69) is 5.32 Å². The number of hydrogen-bond acceptors (Lipinski definition) is 3. The summed E-state index contributed by atoms with van der Waals surface area (Å²) in [5.41, 5.74) is 0.599. The number of halogens is 5. The van der Waals surface area contributed by atoms with Crippen molar-refractivity contribution >= 4 is 34.8 Å². The lowest BCUT2D eigenvalue weighted by Crippen LogP contribution is -2.14. The van der Waals surface area contributed by atoms with Gasteiger partial charge in [0.05, 0.1) is 17.7 Å². The fourth-order valence-corrected chi connectivity index (χ4v) is 3.27. The second-order valence-corrected chi connectivity index (χ2v) is 7.69. The van der Waals surface area contributed by atoms with Crippen LogP contribution in [-0.4, -0.2) is 13.0 Å². The summed E-state index contributed by atoms with van der Waals surface area (Å²) in [7, 11) is 1.48. The fourth-order valence-electron chi connectivity index (χ4n) is 2.92. The molecule has 0 spiro atoms. The van der Waals surface area contributed by atoms with Gasteiger partial charge >= 0.3 is 6.18 Å². The first-order chi connectivity index (χ1) is 15.1. The monoisotopic (exact) mass is 483 g/mol. The molecule has 0 radical (unpaired) electrons. The molecule has 32 heavy (non-hydrogen) atoms. The number of carbonyl (C=O) groups excluding carboxylic acids is 1. The molecule has 0 saturated carbocycles. The van der Waals surface area contributed by atoms with E-state index in [0.717, 1.165) is 17.7 Å². The molecule has 0 aliphatic heterocycles. The molecular weight excluding hydrogens is 466 g/mol. The van der Waals surface area contributed by atoms with Crippen molar-refractivity contribution in [3.63, 3.8) is 0 Å². The average molecular weight is 484 g/mol. The molecule has 0 aromatic heterocycles. The van der Waals surface area contributed by atoms with Crippen molar-refractivity contribution in [1.29, 1.82) is 0 Å². The van der Waals surface area contributed by atoms with E-state index in [-0.39, 0.29) is 17.9 Å². The van der Waals surface area contributed by atoms with Crippen molar-refractivity contribution < 1.29 is 27.4 Å². The second kappa shape index (κ2) is 9.71. The zero-order valence-corrected chi connectivity index (χ0v) is 18.5. The van der Waals surface area contributed by atoms with Gasteiger partial charge in [-0.3, -0.25) is 4.79 Å². The summed E-state index contributed by atoms with van der Waals surface area (Å²) >= 11 is 11.6. The van der Waals surface area contributed by atoms with Gasteiger partial charge in [0.2, 0.25) is 0 Å². The van der Waals surface area contributed by atoms with E-state index in [1.807, 2.05) is 6.92 Å². The first-order valence-electron chi connectivity index (χ1n) is 9.32. The van der Waals surface area contributed by atoms with Gasteiger partial charge in [0.15, 0.2) is 0 Å². The maximum atomic E-state index is 13.1. The number of nitrogens with one attached hydrogen (secondary N) is 1. The van der Waals surface area contributed by atoms with Gasteiger partial charge in [-0.15, -0.1) is 0 Å². The first kappa shape index (κ1) is 23.8. The Kier molecular flexibility index (Phi) is 7.21. The fraction of sp³-hybridized carbons (Fsp3) is 0.174. The highest BCUT2D eigenvalue weighted by atomic mass is 35.5. The van der Waals surface area contributed by atoms with Crippen molar-refractivity contribution in [3.8, 4) is 11.5 Å². The van der Waals surface area contributed by atoms with E-state index in [0.29, 0.717) is 22.1 Å². The Balaban J connectivity index is 1.79. The largest absolute Gasteiger partial charge is 0.496 e. The SMILES string of the molecule is COc1ccc(C(=O)Nc2ccc(Cl)c(C(F)(F)F)c2)cc1COc1ccc(Cl)c(C)c1. The number of anilines is 1. The van der Waals surface area contributed by atoms with Crippen molar-refractivity contribution in [2.45, 2.75) is 19.7 Å². The number of alkyl halides is 3. The van der Waals surface area contributed by atoms with Crippen molar-refractivity contribution in [2.75, 3.05) is 12.4 Å². The van der Waals surface area contributed by atoms with Gasteiger partial charge in [0, 0.05) is 21.8 Å². The van der Waals surface area contributed by atoms with Gasteiger partial charge < -0.3 is 14.8 Å². The molecule has 0 fully saturated rings. The number of amides is 1. The Bertz CT molecular complexity index is 1150. The van der Waals surface area contributed by atoms with Crippen LogP contribution < -0.4 is 14.8 Å². The Labute approximate surface area is 192 Å². The minimum Gasteiger partial charge on any atom is -0.496 e. The lowest BCUT2D eigenvalue weighted by Gasteiger charge is -2.14. The zero-order chi connectivity index (χ0) is 23.5. The lowest BCUT2D eigenvalue weighted by atomic mass is 10.1. The summed E-state index contributed by atoms with van der Waals surface area (Å²) in [6.07, 6.45) is -4.64. The number of ether oxygens (including phenoxy) is 2. The van der Waals surface area contributed by atoms with Gasteiger partial charge in [-0.2, -0.15) is 13.2 Å². The van der Waals surface area contributed by atoms with Crippen LogP contribution in [0.2, 0.25) is 10.0 Å². The van der Waals surface area contributed by atoms with E-state index in [1.165, 1.54) is 19.2 Å². The van der Waals surface area contributed by atoms with Crippen LogP contribution in [-0.2, 0) is 12.8 Å². The van der Waals surface area contributed by atoms with Crippen LogP contribution in [0.1, 0.15) is 27.0 Å². The van der Waals surface area contributed by atoms with Crippen LogP contribution in [0.3, 0.4) is 0 Å². The minimum atomic E-state index is -4.64. The van der Waals surface area contributed by atoms with E-state index in [9.17, 15) is 18.0 Å². The summed E-state index contributed by atoms with van der Waals surface area (Å²) in [4.78, 5) is 12.6. The molecule has 0 aliphatic rings. The molecule has 0 heterocycles. The Morgan fingerprint density at radius 3 is 2.38 bits per heavy atom. The molecule has 3 aromatic rings. The normalized spacial score (nSPS) is 11.2. The molecule has 0 saturated heterocycles. The number of methoxy groups -OCH3 is 1. The van der Waals surface area contributed by atoms with Gasteiger partial charge in [0.25, 0.3) is 5.91 Å². The van der Waals surface area contributed by atoms with Crippen LogP contribution >= 0.6 is 23.2 Å². The summed E-state index contributed by atoms with van der Waals surface area (Å²) in [6.45, 7) is 1.95. The summed E-state index contributed by atoms with van der Waals surface area (Å²) in [6, 6.07) is 13.0. The van der Waals surface area contributed by atoms with Crippen molar-refractivity contribution in [3.05, 3.63) is 86.9 Å². The van der Waals surface area contributed by atoms with Crippen LogP contribution in [0.25, 0.3) is 0 Å². The molecule has 0 unspecified atom stereocenters. The number of rotatable bonds is 6. The average Bonchev–Trinajstić information content (AvgIpc) is 2.74. The number of carbonyl (C=O) groups is 1. The molecule has 3 rings (SSSR count). The maximum Gasteiger partial charge on any atom is 0.417 e. The highest BCUT2D eigenvalue weighted by Gasteiger charge is 2.33. The minimum absolute atomic E-state index is 0.0306. The smallest absolute Gasteiger partial charge is 0.417 e. The van der Waals surface area contributed by atoms with E-state index >= 15 is 0 Å². The second-order valence-electron chi connectivity index (χ2n) is 6.87. The zero-order valence-electron chi connectivity index (χ0n) is 17.0. The quantitative estimate of drug-likeness (QED) is 0.404. The standard InChI is InChI=1S/C23H18Cl2F3NO3/c1-13-9-17(5-7-19(13)24)32-12-15-10-14(3-8-21(15)31-2)22(30)29-16-4-6-20(25)18(11-16)23(26,27)28/h3-11H,12H2,1-2H3,(H,29,30). The van der Waals surface area contributed by atoms with Gasteiger partial charge in [-0.25, -0.2) is 0 Å². The third kappa shape index (κ3) is 5.66. The summed E-state index contributed by atoms with van der Waals surface area (Å²) < 4.78 is 50.3. The number of aryl methyl sites for hydroxylation is 1. The van der Waals surface area contributed by atoms with Gasteiger partial charge in [-0.1, -0.05) is 23.2 Å². The Morgan fingerprint density at radius 1 is 1.00 bits per heavy atom. The molecule has 3 aromatic carbocycles. The summed E-state index contributed by atoms with van der Waals surface area (Å²) in [5, 5.41) is 2.62. The lowest BCUT2D eigenvalue weighted by molar-refractivity contribution is -0.137. The molecule has 1 amide bonds. The van der Waals surface area contributed by atoms with Crippen LogP contribution in [0, 0.1) is 6.92 Å². The molecule has 1 N–H and O–H groups in total. The van der Waals surface area contributed by atoms with Gasteiger partial charge in [-0.05, 0) is 67.1 Å². The predicted octanol–water partition coefficient (Wildman–Crippen LogP) is 7.16. The predicted molar refractivity (Wildman–Crippen MR) is 118 cm³/mol. The number of benzene rings is 3. The van der Waals surface area contributed by atoms with Gasteiger partial charge in [0.1, 0.15) is 18.1 Å². The number of hydrogen-bond donors (Lipinski definition) is 1. The van der Waals surface area contributed by atoms with Crippen LogP contribution in [0.4, 0.5) is 18.9 Å². The molecule has 0 atom stereocenters. The maximum absolute atomic E-state index is 13.1. The Morgan fingerprint density at radius 2 is 1.72 bits per heavy atom. The molecule has 0 bridgehead atoms. The molecule has 9 heteroatoms. The topological polar surface area (TPSA) is 47.6 Å². The first-order valence-corrected chi connectivity index (χ1v) is 10.1. The highest BCUT2D eigenvalue weighted by molar-refractivity contribution is 6.31. The van der Waals surface area contributed by atoms with E-state index in [1.54, 1.807) is 30.3 Å². The molecule has 0 aliphatic carbocycles. The van der Waals surface area contributed by atoms with Crippen LogP contribution in [0.5, 0.6) is 11.5 Å². The van der Waals surface area contributed by atoms with E-state index < -0.39 is 22.7 Å². The van der Waals surface area contributed by atoms with Crippen molar-refractivity contribution in [2.24, 2.45) is 0 Å². The summed E-state index contributed by atoms with van der Waals surface area (Å²) in [5.74, 6) is 0.495.